The summed E-state index contributed by atoms with van der Waals surface area (Å²) in [6.45, 7) is 0. The van der Waals surface area contributed by atoms with E-state index in [2.05, 4.69) is 0 Å². The summed E-state index contributed by atoms with van der Waals surface area (Å²) in [7, 11) is 0. The van der Waals surface area contributed by atoms with Crippen LogP contribution in [-0.4, -0.2) is 5.97 Å². The predicted molar refractivity (Wildman–Crippen MR) is 74.9 cm³/mol. The van der Waals surface area contributed by atoms with Crippen molar-refractivity contribution >= 4 is 17.3 Å². The minimum atomic E-state index is -0.868. The van der Waals surface area contributed by atoms with Gasteiger partial charge in [0.25, 0.3) is 0 Å². The highest BCUT2D eigenvalue weighted by Crippen LogP contribution is 2.39. The molecule has 0 aliphatic carbocycles. The number of esters is 1. The van der Waals surface area contributed by atoms with Crippen LogP contribution in [0.4, 0.5) is 0 Å². The van der Waals surface area contributed by atoms with Crippen LogP contribution in [0.3, 0.4) is 0 Å². The van der Waals surface area contributed by atoms with E-state index in [9.17, 15) is 10.1 Å². The lowest BCUT2D eigenvalue weighted by atomic mass is 9.92. The van der Waals surface area contributed by atoms with Crippen molar-refractivity contribution in [2.24, 2.45) is 5.92 Å². The van der Waals surface area contributed by atoms with Crippen molar-refractivity contribution < 1.29 is 9.53 Å². The molecule has 1 atom stereocenters. The summed E-state index contributed by atoms with van der Waals surface area (Å²) in [5.41, 5.74) is 2.28. The maximum absolute atomic E-state index is 11.9. The highest BCUT2D eigenvalue weighted by molar-refractivity contribution is 6.07. The second-order valence-corrected chi connectivity index (χ2v) is 4.46. The molecule has 3 rings (SSSR count). The third-order valence-corrected chi connectivity index (χ3v) is 3.22. The number of hydrogen-bond acceptors (Lipinski definition) is 3. The van der Waals surface area contributed by atoms with Gasteiger partial charge in [-0.3, -0.25) is 0 Å². The molecule has 2 aromatic carbocycles. The van der Waals surface area contributed by atoms with Crippen LogP contribution >= 0.6 is 0 Å². The Kier molecular flexibility index (Phi) is 3.06. The average molecular weight is 261 g/mol. The van der Waals surface area contributed by atoms with Crippen molar-refractivity contribution in [3.63, 3.8) is 0 Å². The first-order valence-electron chi connectivity index (χ1n) is 6.27. The molecule has 1 aliphatic rings. The molecule has 0 amide bonds. The summed E-state index contributed by atoms with van der Waals surface area (Å²) < 4.78 is 5.34. The predicted octanol–water partition coefficient (Wildman–Crippen LogP) is 3.25. The van der Waals surface area contributed by atoms with Gasteiger partial charge in [-0.15, -0.1) is 0 Å². The number of nitriles is 1. The summed E-state index contributed by atoms with van der Waals surface area (Å²) >= 11 is 0. The largest absolute Gasteiger partial charge is 0.424 e. The normalized spacial score (nSPS) is 17.8. The summed E-state index contributed by atoms with van der Waals surface area (Å²) in [6.07, 6.45) is 0. The smallest absolute Gasteiger partial charge is 0.333 e. The van der Waals surface area contributed by atoms with Gasteiger partial charge in [-0.2, -0.15) is 5.26 Å². The zero-order chi connectivity index (χ0) is 13.9. The van der Waals surface area contributed by atoms with E-state index < -0.39 is 11.9 Å². The van der Waals surface area contributed by atoms with Crippen LogP contribution in [0.2, 0.25) is 0 Å². The molecule has 96 valence electrons. The summed E-state index contributed by atoms with van der Waals surface area (Å²) in [5, 5.41) is 9.25. The maximum atomic E-state index is 11.9. The van der Waals surface area contributed by atoms with E-state index in [0.29, 0.717) is 11.3 Å². The molecule has 20 heavy (non-hydrogen) atoms. The highest BCUT2D eigenvalue weighted by Gasteiger charge is 2.37. The molecule has 1 aliphatic heterocycles. The lowest BCUT2D eigenvalue weighted by Gasteiger charge is -2.06. The Balaban J connectivity index is 2.21. The van der Waals surface area contributed by atoms with E-state index in [-0.39, 0.29) is 0 Å². The minimum absolute atomic E-state index is 0.480. The van der Waals surface area contributed by atoms with Crippen molar-refractivity contribution in [1.29, 1.82) is 5.26 Å². The molecule has 0 aromatic heterocycles. The summed E-state index contributed by atoms with van der Waals surface area (Å²) in [6, 6.07) is 20.8. The van der Waals surface area contributed by atoms with Gasteiger partial charge in [-0.05, 0) is 5.56 Å². The number of benzene rings is 2. The van der Waals surface area contributed by atoms with E-state index in [1.165, 1.54) is 0 Å². The molecular formula is C17H11NO2. The van der Waals surface area contributed by atoms with Gasteiger partial charge in [-0.25, -0.2) is 4.79 Å². The van der Waals surface area contributed by atoms with Crippen LogP contribution in [-0.2, 0) is 9.53 Å². The van der Waals surface area contributed by atoms with Crippen LogP contribution in [0.1, 0.15) is 11.1 Å². The molecule has 0 spiro atoms. The molecule has 0 fully saturated rings. The van der Waals surface area contributed by atoms with Crippen molar-refractivity contribution in [1.82, 2.24) is 0 Å². The molecule has 3 heteroatoms. The first kappa shape index (κ1) is 12.2. The van der Waals surface area contributed by atoms with Crippen molar-refractivity contribution in [3.05, 3.63) is 71.8 Å². The van der Waals surface area contributed by atoms with Gasteiger partial charge in [0.2, 0.25) is 0 Å². The van der Waals surface area contributed by atoms with Crippen LogP contribution in [0, 0.1) is 17.2 Å². The Morgan fingerprint density at radius 1 is 0.900 bits per heavy atom. The van der Waals surface area contributed by atoms with Gasteiger partial charge < -0.3 is 4.74 Å². The third kappa shape index (κ3) is 1.98. The Bertz CT molecular complexity index is 712. The topological polar surface area (TPSA) is 50.1 Å². The van der Waals surface area contributed by atoms with Crippen LogP contribution < -0.4 is 0 Å². The third-order valence-electron chi connectivity index (χ3n) is 3.22. The summed E-state index contributed by atoms with van der Waals surface area (Å²) in [4.78, 5) is 11.9. The SMILES string of the molecule is N#CC1C(=O)OC(c2ccccc2)=C1c1ccccc1. The monoisotopic (exact) mass is 261 g/mol. The standard InChI is InChI=1S/C17H11NO2/c18-11-14-15(12-7-3-1-4-8-12)16(20-17(14)19)13-9-5-2-6-10-13/h1-10,14H. The van der Waals surface area contributed by atoms with E-state index in [4.69, 9.17) is 4.74 Å². The molecule has 1 unspecified atom stereocenters. The van der Waals surface area contributed by atoms with E-state index >= 15 is 0 Å². The van der Waals surface area contributed by atoms with Gasteiger partial charge in [0.05, 0.1) is 6.07 Å². The first-order chi connectivity index (χ1) is 9.81. The lowest BCUT2D eigenvalue weighted by Crippen LogP contribution is -2.08. The molecule has 0 saturated carbocycles. The Hall–Kier alpha value is -2.86. The second-order valence-electron chi connectivity index (χ2n) is 4.46. The number of hydrogen-bond donors (Lipinski definition) is 0. The number of cyclic esters (lactones) is 1. The van der Waals surface area contributed by atoms with E-state index in [1.54, 1.807) is 0 Å². The van der Waals surface area contributed by atoms with Crippen molar-refractivity contribution in [3.8, 4) is 6.07 Å². The van der Waals surface area contributed by atoms with Crippen LogP contribution in [0.5, 0.6) is 0 Å². The fourth-order valence-corrected chi connectivity index (χ4v) is 2.30. The maximum Gasteiger partial charge on any atom is 0.333 e. The van der Waals surface area contributed by atoms with E-state index in [1.807, 2.05) is 66.7 Å². The molecule has 3 nitrogen and oxygen atoms in total. The molecule has 2 aromatic rings. The van der Waals surface area contributed by atoms with Crippen LogP contribution in [0.15, 0.2) is 60.7 Å². The highest BCUT2D eigenvalue weighted by atomic mass is 16.5. The van der Waals surface area contributed by atoms with Gasteiger partial charge in [0.1, 0.15) is 5.76 Å². The van der Waals surface area contributed by atoms with E-state index in [0.717, 1.165) is 11.1 Å². The number of ether oxygens (including phenoxy) is 1. The van der Waals surface area contributed by atoms with Gasteiger partial charge in [-0.1, -0.05) is 60.7 Å². The fraction of sp³-hybridized carbons (Fsp3) is 0.0588. The van der Waals surface area contributed by atoms with Crippen molar-refractivity contribution in [2.45, 2.75) is 0 Å². The second kappa shape index (κ2) is 5.02. The molecule has 0 N–H and O–H groups in total. The first-order valence-corrected chi connectivity index (χ1v) is 6.27. The molecule has 0 bridgehead atoms. The quantitative estimate of drug-likeness (QED) is 0.780. The van der Waals surface area contributed by atoms with Gasteiger partial charge in [0.15, 0.2) is 5.92 Å². The minimum Gasteiger partial charge on any atom is -0.424 e. The lowest BCUT2D eigenvalue weighted by molar-refractivity contribution is -0.136. The molecule has 0 radical (unpaired) electrons. The number of nitrogens with zero attached hydrogens (tertiary/aromatic N) is 1. The van der Waals surface area contributed by atoms with Crippen molar-refractivity contribution in [2.75, 3.05) is 0 Å². The number of rotatable bonds is 2. The zero-order valence-corrected chi connectivity index (χ0v) is 10.6. The number of carbonyl (C=O) groups is 1. The van der Waals surface area contributed by atoms with Gasteiger partial charge in [0, 0.05) is 11.1 Å². The molecular weight excluding hydrogens is 250 g/mol. The molecule has 0 saturated heterocycles. The molecule has 1 heterocycles. The Morgan fingerprint density at radius 3 is 2.00 bits per heavy atom. The average Bonchev–Trinajstić information content (AvgIpc) is 2.85. The zero-order valence-electron chi connectivity index (χ0n) is 10.6. The Labute approximate surface area is 116 Å². The number of carbonyl (C=O) groups excluding carboxylic acids is 1. The Morgan fingerprint density at radius 2 is 1.45 bits per heavy atom. The van der Waals surface area contributed by atoms with Gasteiger partial charge >= 0.3 is 5.97 Å². The van der Waals surface area contributed by atoms with Crippen LogP contribution in [0.25, 0.3) is 11.3 Å². The fourth-order valence-electron chi connectivity index (χ4n) is 2.30. The summed E-state index contributed by atoms with van der Waals surface area (Å²) in [5.74, 6) is -0.897.